The van der Waals surface area contributed by atoms with Gasteiger partial charge in [-0.3, -0.25) is 0 Å². The highest BCUT2D eigenvalue weighted by Crippen LogP contribution is 2.15. The zero-order valence-corrected chi connectivity index (χ0v) is 12.7. The van der Waals surface area contributed by atoms with Gasteiger partial charge < -0.3 is 0 Å². The Hall–Kier alpha value is 0.960. The second-order valence-electron chi connectivity index (χ2n) is 4.24. The van der Waals surface area contributed by atoms with E-state index in [0.29, 0.717) is 0 Å². The van der Waals surface area contributed by atoms with E-state index in [1.165, 1.54) is 77.0 Å². The Morgan fingerprint density at radius 2 is 0.286 bits per heavy atom. The Kier molecular flexibility index (Phi) is 17.3. The molecule has 0 radical (unpaired) electrons. The maximum absolute atomic E-state index is 1.50. The van der Waals surface area contributed by atoms with Crippen LogP contribution in [0.2, 0.25) is 0 Å². The average Bonchev–Trinajstić information content (AvgIpc) is 2.05. The van der Waals surface area contributed by atoms with Gasteiger partial charge in [-0.05, 0) is 0 Å². The Morgan fingerprint density at radius 1 is 0.214 bits per heavy atom. The van der Waals surface area contributed by atoms with E-state index in [2.05, 4.69) is 0 Å². The van der Waals surface area contributed by atoms with E-state index < -0.39 is 0 Å². The molecule has 1 rings (SSSR count). The van der Waals surface area contributed by atoms with Gasteiger partial charge in [-0.2, -0.15) is 0 Å². The van der Waals surface area contributed by atoms with Crippen LogP contribution < -0.4 is 0 Å². The van der Waals surface area contributed by atoms with Gasteiger partial charge in [0, 0.05) is 0 Å². The Bertz CT molecular complexity index is 51.3. The van der Waals surface area contributed by atoms with E-state index in [-0.39, 0.29) is 34.0 Å². The third kappa shape index (κ3) is 11.0. The lowest BCUT2D eigenvalue weighted by atomic mass is 10.0. The van der Waals surface area contributed by atoms with Crippen molar-refractivity contribution < 1.29 is 0 Å². The van der Waals surface area contributed by atoms with Crippen molar-refractivity contribution in [2.75, 3.05) is 0 Å². The molecule has 0 atom stereocenters. The number of hydrogen-bond acceptors (Lipinski definition) is 0. The monoisotopic (exact) mass is 328 g/mol. The van der Waals surface area contributed by atoms with Crippen LogP contribution >= 0.6 is 34.0 Å². The van der Waals surface area contributed by atoms with Crippen molar-refractivity contribution in [1.29, 1.82) is 0 Å². The van der Waals surface area contributed by atoms with Crippen LogP contribution in [0.3, 0.4) is 0 Å². The molecule has 2 heteroatoms. The normalized spacial score (nSPS) is 20.6. The molecule has 0 saturated heterocycles. The van der Waals surface area contributed by atoms with E-state index in [9.17, 15) is 0 Å². The van der Waals surface area contributed by atoms with Crippen LogP contribution in [0.25, 0.3) is 0 Å². The molecule has 1 aliphatic rings. The maximum atomic E-state index is 1.50. The number of rotatable bonds is 0. The predicted molar refractivity (Wildman–Crippen MR) is 76.0 cm³/mol. The standard InChI is InChI=1S/C12H24.2BrH/c1-2-4-6-8-10-12-11-9-7-5-3-1;;/h1-12H2;2*1H. The van der Waals surface area contributed by atoms with Crippen LogP contribution in [0.4, 0.5) is 0 Å². The first-order valence-corrected chi connectivity index (χ1v) is 6.00. The van der Waals surface area contributed by atoms with Crippen LogP contribution in [0.5, 0.6) is 0 Å². The smallest absolute Gasteiger partial charge is 0.0533 e. The summed E-state index contributed by atoms with van der Waals surface area (Å²) in [6.45, 7) is 0. The molecule has 14 heavy (non-hydrogen) atoms. The van der Waals surface area contributed by atoms with Crippen molar-refractivity contribution in [3.8, 4) is 0 Å². The summed E-state index contributed by atoms with van der Waals surface area (Å²) in [7, 11) is 0. The van der Waals surface area contributed by atoms with Crippen LogP contribution in [0, 0.1) is 0 Å². The molecule has 0 unspecified atom stereocenters. The molecule has 0 N–H and O–H groups in total. The minimum atomic E-state index is 0. The molecule has 1 saturated carbocycles. The third-order valence-electron chi connectivity index (χ3n) is 3.00. The summed E-state index contributed by atoms with van der Waals surface area (Å²) < 4.78 is 0. The lowest BCUT2D eigenvalue weighted by Gasteiger charge is -2.05. The van der Waals surface area contributed by atoms with Gasteiger partial charge in [0.15, 0.2) is 0 Å². The second kappa shape index (κ2) is 14.0. The largest absolute Gasteiger partial charge is 0.114 e. The van der Waals surface area contributed by atoms with Crippen molar-refractivity contribution in [3.63, 3.8) is 0 Å². The quantitative estimate of drug-likeness (QED) is 0.524. The molecule has 0 aromatic carbocycles. The lowest BCUT2D eigenvalue weighted by molar-refractivity contribution is 0.504. The number of hydrogen-bond donors (Lipinski definition) is 0. The molecule has 0 nitrogen and oxygen atoms in total. The highest BCUT2D eigenvalue weighted by atomic mass is 79.9. The molecule has 88 valence electrons. The van der Waals surface area contributed by atoms with Crippen molar-refractivity contribution in [3.05, 3.63) is 0 Å². The minimum absolute atomic E-state index is 0. The molecular formula is C12H26Br2. The topological polar surface area (TPSA) is 0 Å². The molecule has 1 aliphatic carbocycles. The minimum Gasteiger partial charge on any atom is -0.114 e. The Labute approximate surface area is 111 Å². The highest BCUT2D eigenvalue weighted by Gasteiger charge is 1.96. The zero-order chi connectivity index (χ0) is 8.49. The first kappa shape index (κ1) is 17.4. The molecule has 0 aromatic heterocycles. The van der Waals surface area contributed by atoms with E-state index in [4.69, 9.17) is 0 Å². The molecule has 0 spiro atoms. The van der Waals surface area contributed by atoms with Gasteiger partial charge in [0.2, 0.25) is 0 Å². The molecule has 0 aromatic rings. The van der Waals surface area contributed by atoms with E-state index in [1.54, 1.807) is 0 Å². The Balaban J connectivity index is 0. The summed E-state index contributed by atoms with van der Waals surface area (Å²) in [4.78, 5) is 0. The number of halogens is 2. The molecule has 1 fully saturated rings. The van der Waals surface area contributed by atoms with Crippen molar-refractivity contribution in [2.24, 2.45) is 0 Å². The maximum Gasteiger partial charge on any atom is -0.0533 e. The van der Waals surface area contributed by atoms with Crippen LogP contribution in [-0.2, 0) is 0 Å². The Morgan fingerprint density at radius 3 is 0.357 bits per heavy atom. The van der Waals surface area contributed by atoms with Crippen molar-refractivity contribution in [2.45, 2.75) is 77.0 Å². The highest BCUT2D eigenvalue weighted by molar-refractivity contribution is 8.93. The molecule has 0 aliphatic heterocycles. The van der Waals surface area contributed by atoms with Gasteiger partial charge in [-0.15, -0.1) is 34.0 Å². The van der Waals surface area contributed by atoms with Gasteiger partial charge in [0.05, 0.1) is 0 Å². The summed E-state index contributed by atoms with van der Waals surface area (Å²) in [5.74, 6) is 0. The second-order valence-corrected chi connectivity index (χ2v) is 4.24. The van der Waals surface area contributed by atoms with Crippen molar-refractivity contribution >= 4 is 34.0 Å². The average molecular weight is 330 g/mol. The molecule has 0 heterocycles. The summed E-state index contributed by atoms with van der Waals surface area (Å²) in [5, 5.41) is 0. The van der Waals surface area contributed by atoms with E-state index in [0.717, 1.165) is 0 Å². The van der Waals surface area contributed by atoms with Gasteiger partial charge in [-0.1, -0.05) is 77.0 Å². The summed E-state index contributed by atoms with van der Waals surface area (Å²) in [6, 6.07) is 0. The predicted octanol–water partition coefficient (Wildman–Crippen LogP) is 5.84. The molecular weight excluding hydrogens is 304 g/mol. The third-order valence-corrected chi connectivity index (χ3v) is 3.00. The summed E-state index contributed by atoms with van der Waals surface area (Å²) >= 11 is 0. The van der Waals surface area contributed by atoms with Crippen LogP contribution in [0.15, 0.2) is 0 Å². The van der Waals surface area contributed by atoms with E-state index >= 15 is 0 Å². The van der Waals surface area contributed by atoms with E-state index in [1.807, 2.05) is 0 Å². The van der Waals surface area contributed by atoms with Gasteiger partial charge >= 0.3 is 0 Å². The molecule has 0 amide bonds. The molecule has 0 bridgehead atoms. The zero-order valence-electron chi connectivity index (χ0n) is 9.30. The van der Waals surface area contributed by atoms with Crippen LogP contribution in [-0.4, -0.2) is 0 Å². The first-order chi connectivity index (χ1) is 6.00. The fourth-order valence-corrected chi connectivity index (χ4v) is 2.12. The van der Waals surface area contributed by atoms with Gasteiger partial charge in [0.25, 0.3) is 0 Å². The van der Waals surface area contributed by atoms with Gasteiger partial charge in [0.1, 0.15) is 0 Å². The fourth-order valence-electron chi connectivity index (χ4n) is 2.12. The first-order valence-electron chi connectivity index (χ1n) is 6.00. The summed E-state index contributed by atoms with van der Waals surface area (Å²) in [6.07, 6.45) is 18.0. The van der Waals surface area contributed by atoms with Crippen LogP contribution in [0.1, 0.15) is 77.0 Å². The SMILES string of the molecule is Br.Br.C1CCCCCCCCCCC1. The summed E-state index contributed by atoms with van der Waals surface area (Å²) in [5.41, 5.74) is 0. The fraction of sp³-hybridized carbons (Fsp3) is 1.00. The van der Waals surface area contributed by atoms with Crippen molar-refractivity contribution in [1.82, 2.24) is 0 Å². The van der Waals surface area contributed by atoms with Gasteiger partial charge in [-0.25, -0.2) is 0 Å². The lowest BCUT2D eigenvalue weighted by Crippen LogP contribution is -1.85.